The monoisotopic (exact) mass is 494 g/mol. The molecule has 6 nitrogen and oxygen atoms in total. The van der Waals surface area contributed by atoms with Gasteiger partial charge in [0.15, 0.2) is 0 Å². The molecule has 3 N–H and O–H groups in total. The van der Waals surface area contributed by atoms with Crippen LogP contribution in [0.4, 0.5) is 5.82 Å². The van der Waals surface area contributed by atoms with Crippen molar-refractivity contribution in [2.24, 2.45) is 0 Å². The van der Waals surface area contributed by atoms with Gasteiger partial charge in [-0.2, -0.15) is 0 Å². The Bertz CT molecular complexity index is 862. The van der Waals surface area contributed by atoms with Gasteiger partial charge >= 0.3 is 6.72 Å². The third-order valence-electron chi connectivity index (χ3n) is 5.33. The molecule has 0 saturated heterocycles. The van der Waals surface area contributed by atoms with Crippen LogP contribution in [-0.2, 0) is 16.3 Å². The van der Waals surface area contributed by atoms with E-state index < -0.39 is 12.8 Å². The molecule has 2 rings (SSSR count). The average molecular weight is 495 g/mol. The Balaban J connectivity index is 1.76. The van der Waals surface area contributed by atoms with Crippen LogP contribution in [0.25, 0.3) is 11.1 Å². The summed E-state index contributed by atoms with van der Waals surface area (Å²) in [6.45, 7) is 1.40. The minimum atomic E-state index is -3.67. The van der Waals surface area contributed by atoms with Crippen LogP contribution < -0.4 is 10.1 Å². The first kappa shape index (κ1) is 27.7. The summed E-state index contributed by atoms with van der Waals surface area (Å²) in [5.41, 5.74) is 2.07. The normalized spacial score (nSPS) is 12.5. The number of ether oxygens (including phenoxy) is 1. The third kappa shape index (κ3) is 12.5. The molecule has 0 unspecified atom stereocenters. The highest BCUT2D eigenvalue weighted by Crippen LogP contribution is 2.38. The van der Waals surface area contributed by atoms with Crippen molar-refractivity contribution in [3.63, 3.8) is 0 Å². The smallest absolute Gasteiger partial charge is 0.322 e. The maximum Gasteiger partial charge on any atom is 0.322 e. The van der Waals surface area contributed by atoms with E-state index in [1.165, 1.54) is 51.4 Å². The predicted octanol–water partition coefficient (Wildman–Crippen LogP) is 6.68. The van der Waals surface area contributed by atoms with Crippen molar-refractivity contribution in [1.29, 1.82) is 0 Å². The topological polar surface area (TPSA) is 83.8 Å². The number of aromatic nitrogens is 1. The fourth-order valence-electron chi connectivity index (χ4n) is 3.59. The average Bonchev–Trinajstić information content (AvgIpc) is 2.78. The van der Waals surface area contributed by atoms with Crippen LogP contribution >= 0.6 is 6.72 Å². The van der Waals surface area contributed by atoms with Gasteiger partial charge < -0.3 is 24.4 Å². The molecule has 0 bridgehead atoms. The van der Waals surface area contributed by atoms with E-state index in [0.29, 0.717) is 12.4 Å². The van der Waals surface area contributed by atoms with Crippen LogP contribution in [0.5, 0.6) is 5.75 Å². The molecule has 1 aromatic carbocycles. The minimum Gasteiger partial charge on any atom is -0.494 e. The standard InChI is InChI=1S/C25H39N2O4PS/c1-3-4-5-6-7-8-9-10-11-17-30-24-14-12-13-22(18-24)23-15-16-26-25(19-23)27-20-21(2)31-32(28,29)33/h12-16,18-19,21H,3-11,17,20H2,1-2H3,(H,26,27)(H2,28,29,33)/t21-/m1/s1. The molecule has 0 amide bonds. The zero-order valence-electron chi connectivity index (χ0n) is 19.9. The van der Waals surface area contributed by atoms with E-state index in [-0.39, 0.29) is 0 Å². The summed E-state index contributed by atoms with van der Waals surface area (Å²) in [6.07, 6.45) is 13.0. The van der Waals surface area contributed by atoms with Crippen molar-refractivity contribution >= 4 is 24.3 Å². The van der Waals surface area contributed by atoms with Crippen LogP contribution in [0.2, 0.25) is 0 Å². The van der Waals surface area contributed by atoms with Gasteiger partial charge in [0.1, 0.15) is 11.6 Å². The van der Waals surface area contributed by atoms with Crippen LogP contribution in [0, 0.1) is 0 Å². The minimum absolute atomic E-state index is 0.359. The first-order valence-electron chi connectivity index (χ1n) is 12.0. The molecule has 33 heavy (non-hydrogen) atoms. The highest BCUT2D eigenvalue weighted by Gasteiger charge is 2.14. The second kappa shape index (κ2) is 15.4. The summed E-state index contributed by atoms with van der Waals surface area (Å²) < 4.78 is 11.0. The van der Waals surface area contributed by atoms with Gasteiger partial charge in [0.25, 0.3) is 0 Å². The van der Waals surface area contributed by atoms with E-state index in [4.69, 9.17) is 9.26 Å². The number of pyridine rings is 1. The lowest BCUT2D eigenvalue weighted by molar-refractivity contribution is 0.193. The lowest BCUT2D eigenvalue weighted by Crippen LogP contribution is -2.19. The SMILES string of the molecule is CCCCCCCCCCCOc1cccc(-c2ccnc(NC[C@@H](C)OP(O)(O)=S)c2)c1. The van der Waals surface area contributed by atoms with Crippen molar-refractivity contribution in [3.05, 3.63) is 42.6 Å². The molecule has 1 heterocycles. The lowest BCUT2D eigenvalue weighted by Gasteiger charge is -2.17. The van der Waals surface area contributed by atoms with E-state index in [2.05, 4.69) is 29.0 Å². The number of hydrogen-bond acceptors (Lipinski definition) is 5. The molecular formula is C25H39N2O4PS. The second-order valence-electron chi connectivity index (χ2n) is 8.42. The van der Waals surface area contributed by atoms with E-state index >= 15 is 0 Å². The maximum absolute atomic E-state index is 9.26. The van der Waals surface area contributed by atoms with Gasteiger partial charge in [-0.1, -0.05) is 70.4 Å². The molecule has 2 aromatic rings. The maximum atomic E-state index is 9.26. The molecule has 184 valence electrons. The quantitative estimate of drug-likeness (QED) is 0.167. The first-order valence-corrected chi connectivity index (χ1v) is 14.7. The summed E-state index contributed by atoms with van der Waals surface area (Å²) in [5.74, 6) is 1.55. The van der Waals surface area contributed by atoms with Crippen molar-refractivity contribution < 1.29 is 19.0 Å². The van der Waals surface area contributed by atoms with Crippen molar-refractivity contribution in [3.8, 4) is 16.9 Å². The molecule has 0 aliphatic carbocycles. The van der Waals surface area contributed by atoms with Crippen molar-refractivity contribution in [2.45, 2.75) is 77.7 Å². The Kier molecular flexibility index (Phi) is 13.0. The fourth-order valence-corrected chi connectivity index (χ4v) is 4.58. The Labute approximate surface area is 204 Å². The summed E-state index contributed by atoms with van der Waals surface area (Å²) in [7, 11) is 0. The van der Waals surface area contributed by atoms with Crippen LogP contribution in [0.15, 0.2) is 42.6 Å². The molecule has 0 aliphatic rings. The number of rotatable bonds is 17. The van der Waals surface area contributed by atoms with E-state index in [1.807, 2.05) is 36.4 Å². The Morgan fingerprint density at radius 3 is 2.33 bits per heavy atom. The molecule has 1 atom stereocenters. The van der Waals surface area contributed by atoms with Crippen LogP contribution in [0.1, 0.15) is 71.6 Å². The third-order valence-corrected chi connectivity index (χ3v) is 6.22. The van der Waals surface area contributed by atoms with Crippen LogP contribution in [-0.4, -0.2) is 34.0 Å². The molecule has 0 radical (unpaired) electrons. The van der Waals surface area contributed by atoms with Gasteiger partial charge in [-0.25, -0.2) is 4.98 Å². The predicted molar refractivity (Wildman–Crippen MR) is 140 cm³/mol. The number of nitrogens with zero attached hydrogens (tertiary/aromatic N) is 1. The number of unbranched alkanes of at least 4 members (excludes halogenated alkanes) is 8. The largest absolute Gasteiger partial charge is 0.494 e. The zero-order chi connectivity index (χ0) is 23.9. The molecule has 0 saturated carbocycles. The summed E-state index contributed by atoms with van der Waals surface area (Å²) in [6, 6.07) is 12.0. The van der Waals surface area contributed by atoms with Gasteiger partial charge in [0.05, 0.1) is 12.7 Å². The number of anilines is 1. The number of nitrogens with one attached hydrogen (secondary N) is 1. The molecular weight excluding hydrogens is 455 g/mol. The first-order chi connectivity index (χ1) is 15.9. The van der Waals surface area contributed by atoms with Gasteiger partial charge in [-0.15, -0.1) is 0 Å². The summed E-state index contributed by atoms with van der Waals surface area (Å²) in [4.78, 5) is 22.8. The van der Waals surface area contributed by atoms with Gasteiger partial charge in [0, 0.05) is 12.7 Å². The van der Waals surface area contributed by atoms with E-state index in [0.717, 1.165) is 29.9 Å². The Morgan fingerprint density at radius 2 is 1.64 bits per heavy atom. The van der Waals surface area contributed by atoms with Gasteiger partial charge in [0.2, 0.25) is 0 Å². The molecule has 8 heteroatoms. The van der Waals surface area contributed by atoms with Crippen molar-refractivity contribution in [2.75, 3.05) is 18.5 Å². The Hall–Kier alpha value is -1.50. The zero-order valence-corrected chi connectivity index (χ0v) is 21.6. The van der Waals surface area contributed by atoms with E-state index in [9.17, 15) is 9.79 Å². The highest BCUT2D eigenvalue weighted by molar-refractivity contribution is 8.06. The Morgan fingerprint density at radius 1 is 0.970 bits per heavy atom. The highest BCUT2D eigenvalue weighted by atomic mass is 32.5. The lowest BCUT2D eigenvalue weighted by atomic mass is 10.1. The molecule has 0 aliphatic heterocycles. The summed E-state index contributed by atoms with van der Waals surface area (Å²) >= 11 is 4.51. The molecule has 0 spiro atoms. The summed E-state index contributed by atoms with van der Waals surface area (Å²) in [5, 5.41) is 3.15. The molecule has 0 fully saturated rings. The molecule has 1 aromatic heterocycles. The van der Waals surface area contributed by atoms with E-state index in [1.54, 1.807) is 13.1 Å². The van der Waals surface area contributed by atoms with Crippen molar-refractivity contribution in [1.82, 2.24) is 4.98 Å². The van der Waals surface area contributed by atoms with Crippen LogP contribution in [0.3, 0.4) is 0 Å². The van der Waals surface area contributed by atoms with Gasteiger partial charge in [-0.3, -0.25) is 0 Å². The number of hydrogen-bond donors (Lipinski definition) is 3. The van der Waals surface area contributed by atoms with Gasteiger partial charge in [-0.05, 0) is 60.5 Å². The second-order valence-corrected chi connectivity index (χ2v) is 11.0. The fraction of sp³-hybridized carbons (Fsp3) is 0.560. The number of benzene rings is 1.